The van der Waals surface area contributed by atoms with Gasteiger partial charge in [-0.25, -0.2) is 4.79 Å². The van der Waals surface area contributed by atoms with Gasteiger partial charge in [0.25, 0.3) is 5.69 Å². The highest BCUT2D eigenvalue weighted by Crippen LogP contribution is 2.32. The minimum absolute atomic E-state index is 0.0772. The number of cyclic esters (lactones) is 1. The summed E-state index contributed by atoms with van der Waals surface area (Å²) < 4.78 is 7.11. The number of amides is 1. The molecule has 1 aromatic heterocycles. The number of nitrogens with zero attached hydrogens (tertiary/aromatic N) is 5. The van der Waals surface area contributed by atoms with Crippen LogP contribution in [0.1, 0.15) is 30.9 Å². The zero-order valence-corrected chi connectivity index (χ0v) is 14.8. The molecule has 10 heteroatoms. The van der Waals surface area contributed by atoms with Gasteiger partial charge in [0.1, 0.15) is 12.4 Å². The zero-order chi connectivity index (χ0) is 18.8. The summed E-state index contributed by atoms with van der Waals surface area (Å²) in [5, 5.41) is 22.9. The summed E-state index contributed by atoms with van der Waals surface area (Å²) in [5.74, 6) is 1.82. The molecular formula is C17H20N6O4. The van der Waals surface area contributed by atoms with Crippen LogP contribution < -0.4 is 10.2 Å². The van der Waals surface area contributed by atoms with Crippen LogP contribution in [0.2, 0.25) is 0 Å². The Kier molecular flexibility index (Phi) is 4.61. The number of nitrogens with one attached hydrogen (secondary N) is 1. The molecule has 2 aromatic rings. The van der Waals surface area contributed by atoms with Gasteiger partial charge in [-0.2, -0.15) is 0 Å². The van der Waals surface area contributed by atoms with Crippen molar-refractivity contribution in [2.75, 3.05) is 23.4 Å². The van der Waals surface area contributed by atoms with Crippen molar-refractivity contribution in [3.8, 4) is 0 Å². The Morgan fingerprint density at radius 2 is 2.11 bits per heavy atom. The van der Waals surface area contributed by atoms with Gasteiger partial charge in [-0.3, -0.25) is 15.0 Å². The molecule has 0 radical (unpaired) electrons. The van der Waals surface area contributed by atoms with E-state index < -0.39 is 11.0 Å². The second-order valence-corrected chi connectivity index (χ2v) is 6.57. The molecule has 0 atom stereocenters. The summed E-state index contributed by atoms with van der Waals surface area (Å²) in [6.45, 7) is 1.93. The summed E-state index contributed by atoms with van der Waals surface area (Å²) in [5.41, 5.74) is 0.972. The van der Waals surface area contributed by atoms with Crippen molar-refractivity contribution in [1.29, 1.82) is 0 Å². The number of nitro groups is 1. The molecule has 27 heavy (non-hydrogen) atoms. The SMILES string of the molecule is O=C1OCCN1c1cc([N+](=O)[O-])ccc1NCc1nnc2n1CCCCC2. The maximum absolute atomic E-state index is 12.0. The molecule has 1 N–H and O–H groups in total. The molecule has 0 aliphatic carbocycles. The van der Waals surface area contributed by atoms with Crippen LogP contribution in [-0.4, -0.2) is 38.9 Å². The van der Waals surface area contributed by atoms with Gasteiger partial charge in [0.2, 0.25) is 0 Å². The van der Waals surface area contributed by atoms with E-state index in [1.165, 1.54) is 23.5 Å². The average molecular weight is 372 g/mol. The Morgan fingerprint density at radius 3 is 2.89 bits per heavy atom. The molecule has 3 heterocycles. The number of non-ortho nitro benzene ring substituents is 1. The van der Waals surface area contributed by atoms with E-state index in [0.29, 0.717) is 24.5 Å². The number of ether oxygens (including phenoxy) is 1. The quantitative estimate of drug-likeness (QED) is 0.633. The molecule has 10 nitrogen and oxygen atoms in total. The number of rotatable bonds is 5. The molecule has 142 valence electrons. The van der Waals surface area contributed by atoms with Crippen LogP contribution in [0.15, 0.2) is 18.2 Å². The van der Waals surface area contributed by atoms with Gasteiger partial charge in [-0.1, -0.05) is 6.42 Å². The third-order valence-electron chi connectivity index (χ3n) is 4.87. The van der Waals surface area contributed by atoms with Gasteiger partial charge in [0.05, 0.1) is 29.4 Å². The maximum Gasteiger partial charge on any atom is 0.414 e. The topological polar surface area (TPSA) is 115 Å². The number of carbonyl (C=O) groups is 1. The lowest BCUT2D eigenvalue weighted by atomic mass is 10.2. The molecule has 0 spiro atoms. The predicted molar refractivity (Wildman–Crippen MR) is 96.7 cm³/mol. The first-order valence-electron chi connectivity index (χ1n) is 9.01. The summed E-state index contributed by atoms with van der Waals surface area (Å²) in [7, 11) is 0. The lowest BCUT2D eigenvalue weighted by molar-refractivity contribution is -0.384. The standard InChI is InChI=1S/C17H20N6O4/c24-17-21(8-9-27-17)14-10-12(23(25)26)5-6-13(14)18-11-16-20-19-15-4-2-1-3-7-22(15)16/h5-6,10,18H,1-4,7-9,11H2. The van der Waals surface area contributed by atoms with E-state index in [2.05, 4.69) is 20.1 Å². The third kappa shape index (κ3) is 3.42. The summed E-state index contributed by atoms with van der Waals surface area (Å²) in [6, 6.07) is 4.41. The second kappa shape index (κ2) is 7.22. The number of hydrogen-bond acceptors (Lipinski definition) is 7. The number of carbonyl (C=O) groups excluding carboxylic acids is 1. The molecule has 2 aliphatic rings. The normalized spacial score (nSPS) is 16.6. The maximum atomic E-state index is 12.0. The van der Waals surface area contributed by atoms with Crippen LogP contribution in [0, 0.1) is 10.1 Å². The van der Waals surface area contributed by atoms with Crippen molar-refractivity contribution in [1.82, 2.24) is 14.8 Å². The van der Waals surface area contributed by atoms with Crippen molar-refractivity contribution in [3.05, 3.63) is 40.0 Å². The van der Waals surface area contributed by atoms with Gasteiger partial charge in [-0.05, 0) is 18.9 Å². The zero-order valence-electron chi connectivity index (χ0n) is 14.8. The lowest BCUT2D eigenvalue weighted by Gasteiger charge is -2.18. The molecule has 1 aromatic carbocycles. The molecule has 0 bridgehead atoms. The number of anilines is 2. The van der Waals surface area contributed by atoms with E-state index in [9.17, 15) is 14.9 Å². The number of nitro benzene ring substituents is 1. The fourth-order valence-corrected chi connectivity index (χ4v) is 3.47. The number of aryl methyl sites for hydroxylation is 1. The Bertz CT molecular complexity index is 880. The summed E-state index contributed by atoms with van der Waals surface area (Å²) in [6.07, 6.45) is 3.82. The highest BCUT2D eigenvalue weighted by molar-refractivity contribution is 5.94. The van der Waals surface area contributed by atoms with E-state index >= 15 is 0 Å². The number of aromatic nitrogens is 3. The van der Waals surface area contributed by atoms with Crippen molar-refractivity contribution < 1.29 is 14.5 Å². The van der Waals surface area contributed by atoms with Crippen LogP contribution in [0.4, 0.5) is 21.9 Å². The van der Waals surface area contributed by atoms with Crippen molar-refractivity contribution in [3.63, 3.8) is 0 Å². The monoisotopic (exact) mass is 372 g/mol. The van der Waals surface area contributed by atoms with Crippen molar-refractivity contribution in [2.45, 2.75) is 38.8 Å². The van der Waals surface area contributed by atoms with Gasteiger partial charge in [0, 0.05) is 25.1 Å². The molecule has 1 saturated heterocycles. The first kappa shape index (κ1) is 17.3. The summed E-state index contributed by atoms with van der Waals surface area (Å²) in [4.78, 5) is 24.0. The predicted octanol–water partition coefficient (Wildman–Crippen LogP) is 2.48. The van der Waals surface area contributed by atoms with Crippen LogP contribution in [0.5, 0.6) is 0 Å². The largest absolute Gasteiger partial charge is 0.447 e. The molecule has 0 saturated carbocycles. The molecule has 4 rings (SSSR count). The van der Waals surface area contributed by atoms with E-state index in [-0.39, 0.29) is 12.3 Å². The number of hydrogen-bond donors (Lipinski definition) is 1. The highest BCUT2D eigenvalue weighted by atomic mass is 16.6. The van der Waals surface area contributed by atoms with Crippen molar-refractivity contribution >= 4 is 23.2 Å². The number of benzene rings is 1. The van der Waals surface area contributed by atoms with Crippen LogP contribution >= 0.6 is 0 Å². The first-order valence-corrected chi connectivity index (χ1v) is 9.01. The first-order chi connectivity index (χ1) is 13.1. The van der Waals surface area contributed by atoms with Crippen molar-refractivity contribution in [2.24, 2.45) is 0 Å². The molecule has 0 unspecified atom stereocenters. The lowest BCUT2D eigenvalue weighted by Crippen LogP contribution is -2.24. The second-order valence-electron chi connectivity index (χ2n) is 6.57. The molecule has 1 amide bonds. The van der Waals surface area contributed by atoms with Gasteiger partial charge >= 0.3 is 6.09 Å². The van der Waals surface area contributed by atoms with Gasteiger partial charge in [-0.15, -0.1) is 10.2 Å². The minimum Gasteiger partial charge on any atom is -0.447 e. The molecular weight excluding hydrogens is 352 g/mol. The third-order valence-corrected chi connectivity index (χ3v) is 4.87. The fraction of sp³-hybridized carbons (Fsp3) is 0.471. The average Bonchev–Trinajstić information content (AvgIpc) is 3.18. The van der Waals surface area contributed by atoms with Gasteiger partial charge in [0.15, 0.2) is 5.82 Å². The van der Waals surface area contributed by atoms with Crippen LogP contribution in [0.3, 0.4) is 0 Å². The number of fused-ring (bicyclic) bond motifs is 1. The van der Waals surface area contributed by atoms with E-state index in [1.807, 2.05) is 0 Å². The Hall–Kier alpha value is -3.17. The Balaban J connectivity index is 1.59. The van der Waals surface area contributed by atoms with Crippen LogP contribution in [0.25, 0.3) is 0 Å². The van der Waals surface area contributed by atoms with Crippen LogP contribution in [-0.2, 0) is 24.2 Å². The van der Waals surface area contributed by atoms with E-state index in [4.69, 9.17) is 4.74 Å². The highest BCUT2D eigenvalue weighted by Gasteiger charge is 2.27. The van der Waals surface area contributed by atoms with E-state index in [0.717, 1.165) is 37.5 Å². The fourth-order valence-electron chi connectivity index (χ4n) is 3.47. The van der Waals surface area contributed by atoms with E-state index in [1.54, 1.807) is 6.07 Å². The Morgan fingerprint density at radius 1 is 1.22 bits per heavy atom. The molecule has 1 fully saturated rings. The minimum atomic E-state index is -0.505. The molecule has 2 aliphatic heterocycles. The Labute approximate surface area is 155 Å². The van der Waals surface area contributed by atoms with Gasteiger partial charge < -0.3 is 14.6 Å². The summed E-state index contributed by atoms with van der Waals surface area (Å²) >= 11 is 0. The smallest absolute Gasteiger partial charge is 0.414 e.